The highest BCUT2D eigenvalue weighted by Gasteiger charge is 2.22. The van der Waals surface area contributed by atoms with Crippen molar-refractivity contribution in [1.29, 1.82) is 0 Å². The minimum absolute atomic E-state index is 0.225. The number of fused-ring (bicyclic) bond motifs is 1. The number of hydrogen-bond donors (Lipinski definition) is 1. The van der Waals surface area contributed by atoms with Crippen molar-refractivity contribution in [3.05, 3.63) is 59.0 Å². The predicted molar refractivity (Wildman–Crippen MR) is 111 cm³/mol. The summed E-state index contributed by atoms with van der Waals surface area (Å²) in [6.45, 7) is 1.61. The van der Waals surface area contributed by atoms with Gasteiger partial charge in [0.25, 0.3) is 5.91 Å². The summed E-state index contributed by atoms with van der Waals surface area (Å²) in [4.78, 5) is 27.6. The second-order valence-electron chi connectivity index (χ2n) is 6.08. The molecule has 6 nitrogen and oxygen atoms in total. The molecule has 4 rings (SSSR count). The first-order valence-electron chi connectivity index (χ1n) is 8.35. The molecular weight excluding hydrogens is 396 g/mol. The van der Waals surface area contributed by atoms with Gasteiger partial charge in [-0.1, -0.05) is 48.2 Å². The Hall–Kier alpha value is -2.97. The number of aromatic nitrogens is 1. The summed E-state index contributed by atoms with van der Waals surface area (Å²) in [6.07, 6.45) is 5.12. The van der Waals surface area contributed by atoms with Crippen LogP contribution in [-0.2, 0) is 20.9 Å². The maximum atomic E-state index is 11.8. The molecular formula is C20H14N2O4S2. The molecule has 8 heteroatoms. The number of benzene rings is 1. The summed E-state index contributed by atoms with van der Waals surface area (Å²) in [5.41, 5.74) is 3.33. The van der Waals surface area contributed by atoms with E-state index in [1.54, 1.807) is 18.5 Å². The Morgan fingerprint density at radius 3 is 2.79 bits per heavy atom. The number of esters is 1. The fraction of sp³-hybridized carbons (Fsp3) is 0.100. The first-order chi connectivity index (χ1) is 13.5. The molecule has 0 aliphatic carbocycles. The van der Waals surface area contributed by atoms with Crippen molar-refractivity contribution in [1.82, 2.24) is 10.3 Å². The van der Waals surface area contributed by atoms with E-state index in [9.17, 15) is 9.59 Å². The average Bonchev–Trinajstić information content (AvgIpc) is 3.22. The highest BCUT2D eigenvalue weighted by Crippen LogP contribution is 2.33. The molecule has 3 aromatic rings. The summed E-state index contributed by atoms with van der Waals surface area (Å²) in [6, 6.07) is 9.47. The van der Waals surface area contributed by atoms with Crippen LogP contribution in [0.5, 0.6) is 0 Å². The van der Waals surface area contributed by atoms with Gasteiger partial charge in [-0.25, -0.2) is 0 Å². The Labute approximate surface area is 170 Å². The second-order valence-corrected chi connectivity index (χ2v) is 7.80. The number of ether oxygens (including phenoxy) is 1. The second kappa shape index (κ2) is 7.57. The highest BCUT2D eigenvalue weighted by molar-refractivity contribution is 8.26. The van der Waals surface area contributed by atoms with Gasteiger partial charge in [-0.05, 0) is 17.2 Å². The normalized spacial score (nSPS) is 15.2. The molecule has 1 aromatic carbocycles. The van der Waals surface area contributed by atoms with Crippen molar-refractivity contribution in [2.45, 2.75) is 13.5 Å². The van der Waals surface area contributed by atoms with Gasteiger partial charge >= 0.3 is 5.97 Å². The Kier molecular flexibility index (Phi) is 4.97. The van der Waals surface area contributed by atoms with E-state index in [0.717, 1.165) is 22.1 Å². The third kappa shape index (κ3) is 3.83. The van der Waals surface area contributed by atoms with E-state index >= 15 is 0 Å². The fourth-order valence-electron chi connectivity index (χ4n) is 2.77. The van der Waals surface area contributed by atoms with E-state index in [1.807, 2.05) is 30.3 Å². The predicted octanol–water partition coefficient (Wildman–Crippen LogP) is 4.05. The quantitative estimate of drug-likeness (QED) is 0.395. The number of carbonyl (C=O) groups excluding carboxylic acids is 2. The van der Waals surface area contributed by atoms with Crippen LogP contribution < -0.4 is 5.32 Å². The molecule has 3 heterocycles. The van der Waals surface area contributed by atoms with E-state index in [1.165, 1.54) is 18.7 Å². The van der Waals surface area contributed by atoms with Crippen molar-refractivity contribution in [2.75, 3.05) is 0 Å². The molecule has 1 fully saturated rings. The van der Waals surface area contributed by atoms with Crippen LogP contribution in [0.25, 0.3) is 28.2 Å². The van der Waals surface area contributed by atoms with E-state index in [-0.39, 0.29) is 18.5 Å². The van der Waals surface area contributed by atoms with E-state index in [2.05, 4.69) is 10.3 Å². The maximum Gasteiger partial charge on any atom is 0.302 e. The van der Waals surface area contributed by atoms with Crippen LogP contribution in [0.15, 0.2) is 52.0 Å². The van der Waals surface area contributed by atoms with Gasteiger partial charge in [-0.15, -0.1) is 0 Å². The molecule has 1 saturated heterocycles. The van der Waals surface area contributed by atoms with Gasteiger partial charge < -0.3 is 14.5 Å². The van der Waals surface area contributed by atoms with Crippen LogP contribution in [0.4, 0.5) is 0 Å². The number of amides is 1. The number of pyridine rings is 1. The lowest BCUT2D eigenvalue weighted by Crippen LogP contribution is -2.17. The molecule has 1 N–H and O–H groups in total. The molecule has 0 atom stereocenters. The lowest BCUT2D eigenvalue weighted by atomic mass is 10.0. The molecule has 1 aliphatic rings. The van der Waals surface area contributed by atoms with Gasteiger partial charge in [0.2, 0.25) is 0 Å². The minimum Gasteiger partial charge on any atom is -0.461 e. The third-order valence-electron chi connectivity index (χ3n) is 4.06. The summed E-state index contributed by atoms with van der Waals surface area (Å²) >= 11 is 6.21. The Balaban J connectivity index is 1.66. The minimum atomic E-state index is -0.315. The number of carbonyl (C=O) groups is 2. The molecule has 0 unspecified atom stereocenters. The highest BCUT2D eigenvalue weighted by atomic mass is 32.2. The van der Waals surface area contributed by atoms with Gasteiger partial charge in [-0.3, -0.25) is 14.6 Å². The summed E-state index contributed by atoms with van der Waals surface area (Å²) in [5.74, 6) is 0.0143. The van der Waals surface area contributed by atoms with Gasteiger partial charge in [0.15, 0.2) is 0 Å². The number of hydrogen-bond acceptors (Lipinski definition) is 7. The zero-order chi connectivity index (χ0) is 19.7. The third-order valence-corrected chi connectivity index (χ3v) is 5.23. The smallest absolute Gasteiger partial charge is 0.302 e. The number of furan rings is 1. The SMILES string of the molecule is CC(=O)OCc1ccc(-c2cncc3cc(/C=C4\SC(=S)NC4=O)oc23)cc1. The molecule has 0 radical (unpaired) electrons. The van der Waals surface area contributed by atoms with Crippen molar-refractivity contribution in [3.63, 3.8) is 0 Å². The summed E-state index contributed by atoms with van der Waals surface area (Å²) in [7, 11) is 0. The number of nitrogens with one attached hydrogen (secondary N) is 1. The van der Waals surface area contributed by atoms with Crippen LogP contribution >= 0.6 is 24.0 Å². The molecule has 1 amide bonds. The molecule has 0 bridgehead atoms. The molecule has 1 aliphatic heterocycles. The topological polar surface area (TPSA) is 81.4 Å². The fourth-order valence-corrected chi connectivity index (χ4v) is 3.80. The van der Waals surface area contributed by atoms with Gasteiger partial charge in [0, 0.05) is 36.3 Å². The largest absolute Gasteiger partial charge is 0.461 e. The van der Waals surface area contributed by atoms with Gasteiger partial charge in [-0.2, -0.15) is 0 Å². The number of thioether (sulfide) groups is 1. The van der Waals surface area contributed by atoms with E-state index < -0.39 is 0 Å². The Morgan fingerprint density at radius 2 is 2.11 bits per heavy atom. The van der Waals surface area contributed by atoms with Crippen LogP contribution in [0.2, 0.25) is 0 Å². The Morgan fingerprint density at radius 1 is 1.32 bits per heavy atom. The monoisotopic (exact) mass is 410 g/mol. The zero-order valence-corrected chi connectivity index (χ0v) is 16.4. The standard InChI is InChI=1S/C20H14N2O4S2/c1-11(23)25-10-12-2-4-13(5-3-12)16-9-21-8-14-6-15(26-18(14)16)7-17-19(24)22-20(27)28-17/h2-9H,10H2,1H3,(H,22,24,27)/b17-7-. The lowest BCUT2D eigenvalue weighted by molar-refractivity contribution is -0.142. The summed E-state index contributed by atoms with van der Waals surface area (Å²) in [5, 5.41) is 3.42. The number of nitrogens with zero attached hydrogens (tertiary/aromatic N) is 1. The zero-order valence-electron chi connectivity index (χ0n) is 14.7. The van der Waals surface area contributed by atoms with Crippen LogP contribution in [0.3, 0.4) is 0 Å². The number of rotatable bonds is 4. The van der Waals surface area contributed by atoms with Crippen LogP contribution in [0, 0.1) is 0 Å². The molecule has 28 heavy (non-hydrogen) atoms. The van der Waals surface area contributed by atoms with Crippen molar-refractivity contribution >= 4 is 57.2 Å². The first kappa shape index (κ1) is 18.4. The van der Waals surface area contributed by atoms with E-state index in [4.69, 9.17) is 21.4 Å². The number of thiocarbonyl (C=S) groups is 1. The summed E-state index contributed by atoms with van der Waals surface area (Å²) < 4.78 is 11.4. The first-order valence-corrected chi connectivity index (χ1v) is 9.57. The average molecular weight is 410 g/mol. The maximum absolute atomic E-state index is 11.8. The van der Waals surface area contributed by atoms with Crippen molar-refractivity contribution in [2.24, 2.45) is 0 Å². The molecule has 0 spiro atoms. The lowest BCUT2D eigenvalue weighted by Gasteiger charge is -2.05. The molecule has 140 valence electrons. The van der Waals surface area contributed by atoms with Crippen molar-refractivity contribution in [3.8, 4) is 11.1 Å². The van der Waals surface area contributed by atoms with Crippen LogP contribution in [-0.4, -0.2) is 21.2 Å². The van der Waals surface area contributed by atoms with Gasteiger partial charge in [0.05, 0.1) is 4.91 Å². The van der Waals surface area contributed by atoms with Gasteiger partial charge in [0.1, 0.15) is 22.3 Å². The Bertz CT molecular complexity index is 1130. The molecule has 2 aromatic heterocycles. The van der Waals surface area contributed by atoms with Crippen molar-refractivity contribution < 1.29 is 18.7 Å². The van der Waals surface area contributed by atoms with E-state index in [0.29, 0.717) is 20.6 Å². The van der Waals surface area contributed by atoms with Crippen LogP contribution in [0.1, 0.15) is 18.2 Å². The molecule has 0 saturated carbocycles.